The third kappa shape index (κ3) is 2.14. The molecule has 1 aromatic rings. The van der Waals surface area contributed by atoms with Crippen molar-refractivity contribution in [2.45, 2.75) is 50.3 Å². The molecule has 0 amide bonds. The lowest BCUT2D eigenvalue weighted by molar-refractivity contribution is 0.106. The van der Waals surface area contributed by atoms with E-state index < -0.39 is 5.54 Å². The van der Waals surface area contributed by atoms with Gasteiger partial charge in [0.15, 0.2) is 5.15 Å². The van der Waals surface area contributed by atoms with E-state index in [1.165, 1.54) is 0 Å². The van der Waals surface area contributed by atoms with Gasteiger partial charge in [0, 0.05) is 17.2 Å². The Balaban J connectivity index is 2.09. The molecule has 1 fully saturated rings. The molecular weight excluding hydrogens is 264 g/mol. The first kappa shape index (κ1) is 13.2. The van der Waals surface area contributed by atoms with Crippen molar-refractivity contribution in [2.75, 3.05) is 6.61 Å². The molecular formula is C13H19ClN4O. The topological polar surface area (TPSA) is 87.1 Å². The van der Waals surface area contributed by atoms with Gasteiger partial charge >= 0.3 is 0 Å². The van der Waals surface area contributed by atoms with Crippen molar-refractivity contribution in [1.82, 2.24) is 10.2 Å². The molecule has 1 aromatic heterocycles. The molecule has 6 heteroatoms. The van der Waals surface area contributed by atoms with Crippen molar-refractivity contribution in [2.24, 2.45) is 11.5 Å². The van der Waals surface area contributed by atoms with Crippen LogP contribution < -0.4 is 11.5 Å². The number of fused-ring (bicyclic) bond motifs is 1. The van der Waals surface area contributed by atoms with Crippen molar-refractivity contribution >= 4 is 11.6 Å². The number of aromatic nitrogens is 2. The quantitative estimate of drug-likeness (QED) is 0.810. The summed E-state index contributed by atoms with van der Waals surface area (Å²) in [5, 5.41) is 8.81. The van der Waals surface area contributed by atoms with Gasteiger partial charge in [-0.25, -0.2) is 0 Å². The van der Waals surface area contributed by atoms with Gasteiger partial charge < -0.3 is 16.2 Å². The van der Waals surface area contributed by atoms with E-state index in [1.807, 2.05) is 0 Å². The zero-order chi connectivity index (χ0) is 13.5. The molecule has 3 rings (SSSR count). The minimum Gasteiger partial charge on any atom is -0.376 e. The van der Waals surface area contributed by atoms with Crippen LogP contribution in [0.4, 0.5) is 0 Å². The van der Waals surface area contributed by atoms with Crippen LogP contribution in [0, 0.1) is 0 Å². The fraction of sp³-hybridized carbons (Fsp3) is 0.692. The average molecular weight is 283 g/mol. The van der Waals surface area contributed by atoms with Crippen LogP contribution in [-0.2, 0) is 23.3 Å². The zero-order valence-electron chi connectivity index (χ0n) is 10.9. The fourth-order valence-electron chi connectivity index (χ4n) is 3.13. The summed E-state index contributed by atoms with van der Waals surface area (Å²) in [7, 11) is 0. The van der Waals surface area contributed by atoms with Crippen molar-refractivity contribution in [3.05, 3.63) is 22.0 Å². The third-order valence-corrected chi connectivity index (χ3v) is 4.64. The number of nitrogens with two attached hydrogens (primary N) is 2. The molecule has 2 unspecified atom stereocenters. The van der Waals surface area contributed by atoms with Crippen molar-refractivity contribution in [1.29, 1.82) is 0 Å². The maximum absolute atomic E-state index is 6.57. The van der Waals surface area contributed by atoms with Crippen LogP contribution in [0.25, 0.3) is 0 Å². The highest BCUT2D eigenvalue weighted by Crippen LogP contribution is 2.37. The van der Waals surface area contributed by atoms with Crippen molar-refractivity contribution < 1.29 is 4.74 Å². The summed E-state index contributed by atoms with van der Waals surface area (Å²) >= 11 is 6.13. The first-order valence-electron chi connectivity index (χ1n) is 6.79. The number of hydrogen-bond donors (Lipinski definition) is 2. The molecule has 2 heterocycles. The van der Waals surface area contributed by atoms with Crippen LogP contribution >= 0.6 is 11.6 Å². The Morgan fingerprint density at radius 1 is 1.26 bits per heavy atom. The molecule has 19 heavy (non-hydrogen) atoms. The lowest BCUT2D eigenvalue weighted by Gasteiger charge is -2.40. The highest BCUT2D eigenvalue weighted by Gasteiger charge is 2.41. The van der Waals surface area contributed by atoms with E-state index in [9.17, 15) is 0 Å². The van der Waals surface area contributed by atoms with Crippen LogP contribution in [0.2, 0.25) is 5.15 Å². The second kappa shape index (κ2) is 4.98. The highest BCUT2D eigenvalue weighted by molar-refractivity contribution is 6.30. The van der Waals surface area contributed by atoms with Gasteiger partial charge in [0.1, 0.15) is 0 Å². The second-order valence-corrected chi connectivity index (χ2v) is 5.85. The highest BCUT2D eigenvalue weighted by atomic mass is 35.5. The summed E-state index contributed by atoms with van der Waals surface area (Å²) in [6, 6.07) is -0.0808. The van der Waals surface area contributed by atoms with Gasteiger partial charge in [-0.1, -0.05) is 24.4 Å². The number of ether oxygens (including phenoxy) is 1. The van der Waals surface area contributed by atoms with E-state index in [-0.39, 0.29) is 6.04 Å². The zero-order valence-corrected chi connectivity index (χ0v) is 11.6. The summed E-state index contributed by atoms with van der Waals surface area (Å²) < 4.78 is 5.54. The molecule has 2 atom stereocenters. The minimum absolute atomic E-state index is 0.0808. The van der Waals surface area contributed by atoms with Gasteiger partial charge in [0.05, 0.1) is 24.4 Å². The van der Waals surface area contributed by atoms with E-state index in [0.717, 1.165) is 48.9 Å². The van der Waals surface area contributed by atoms with Gasteiger partial charge in [-0.15, -0.1) is 5.10 Å². The molecule has 4 N–H and O–H groups in total. The standard InChI is InChI=1S/C13H19ClN4O/c14-12-8-4-6-19-7-9(8)11(17-18-12)13(16)5-2-1-3-10(13)15/h10H,1-7,15-16H2. The van der Waals surface area contributed by atoms with Gasteiger partial charge in [0.25, 0.3) is 0 Å². The second-order valence-electron chi connectivity index (χ2n) is 5.49. The predicted octanol–water partition coefficient (Wildman–Crippen LogP) is 1.26. The Morgan fingerprint density at radius 2 is 2.11 bits per heavy atom. The van der Waals surface area contributed by atoms with Crippen LogP contribution in [0.15, 0.2) is 0 Å². The lowest BCUT2D eigenvalue weighted by Crippen LogP contribution is -2.55. The molecule has 0 aromatic carbocycles. The number of rotatable bonds is 1. The molecule has 5 nitrogen and oxygen atoms in total. The molecule has 0 saturated heterocycles. The molecule has 1 saturated carbocycles. The monoisotopic (exact) mass is 282 g/mol. The molecule has 0 bridgehead atoms. The van der Waals surface area contributed by atoms with E-state index >= 15 is 0 Å². The molecule has 1 aliphatic heterocycles. The number of hydrogen-bond acceptors (Lipinski definition) is 5. The van der Waals surface area contributed by atoms with Crippen LogP contribution in [0.5, 0.6) is 0 Å². The Labute approximate surface area is 117 Å². The lowest BCUT2D eigenvalue weighted by atomic mass is 9.74. The van der Waals surface area contributed by atoms with E-state index in [4.69, 9.17) is 27.8 Å². The third-order valence-electron chi connectivity index (χ3n) is 4.34. The van der Waals surface area contributed by atoms with Gasteiger partial charge in [-0.05, 0) is 19.3 Å². The average Bonchev–Trinajstić information content (AvgIpc) is 2.43. The fourth-order valence-corrected chi connectivity index (χ4v) is 3.38. The first-order chi connectivity index (χ1) is 9.13. The molecule has 1 aliphatic carbocycles. The molecule has 0 spiro atoms. The van der Waals surface area contributed by atoms with Gasteiger partial charge in [0.2, 0.25) is 0 Å². The Hall–Kier alpha value is -0.750. The molecule has 0 radical (unpaired) electrons. The Morgan fingerprint density at radius 3 is 2.89 bits per heavy atom. The normalized spacial score (nSPS) is 31.0. The smallest absolute Gasteiger partial charge is 0.155 e. The van der Waals surface area contributed by atoms with E-state index in [2.05, 4.69) is 10.2 Å². The molecule has 2 aliphatic rings. The Bertz CT molecular complexity index is 496. The van der Waals surface area contributed by atoms with E-state index in [1.54, 1.807) is 0 Å². The summed E-state index contributed by atoms with van der Waals surface area (Å²) in [5.41, 5.74) is 15.0. The van der Waals surface area contributed by atoms with Crippen LogP contribution in [0.1, 0.15) is 42.5 Å². The minimum atomic E-state index is -0.597. The maximum atomic E-state index is 6.57. The van der Waals surface area contributed by atoms with Crippen LogP contribution in [-0.4, -0.2) is 22.8 Å². The van der Waals surface area contributed by atoms with Crippen molar-refractivity contribution in [3.8, 4) is 0 Å². The summed E-state index contributed by atoms with van der Waals surface area (Å²) in [4.78, 5) is 0. The summed E-state index contributed by atoms with van der Waals surface area (Å²) in [5.74, 6) is 0. The predicted molar refractivity (Wildman–Crippen MR) is 72.7 cm³/mol. The number of nitrogens with zero attached hydrogens (tertiary/aromatic N) is 2. The van der Waals surface area contributed by atoms with Gasteiger partial charge in [-0.3, -0.25) is 0 Å². The number of halogens is 1. The Kier molecular flexibility index (Phi) is 3.47. The summed E-state index contributed by atoms with van der Waals surface area (Å²) in [6.07, 6.45) is 4.74. The first-order valence-corrected chi connectivity index (χ1v) is 7.17. The largest absolute Gasteiger partial charge is 0.376 e. The van der Waals surface area contributed by atoms with Gasteiger partial charge in [-0.2, -0.15) is 5.10 Å². The SMILES string of the molecule is NC1CCCCC1(N)c1nnc(Cl)c2c1COCC2. The van der Waals surface area contributed by atoms with Crippen molar-refractivity contribution in [3.63, 3.8) is 0 Å². The van der Waals surface area contributed by atoms with Crippen LogP contribution in [0.3, 0.4) is 0 Å². The van der Waals surface area contributed by atoms with E-state index in [0.29, 0.717) is 18.4 Å². The summed E-state index contributed by atoms with van der Waals surface area (Å²) in [6.45, 7) is 1.17. The maximum Gasteiger partial charge on any atom is 0.155 e. The molecule has 104 valence electrons.